The topological polar surface area (TPSA) is 163 Å². The van der Waals surface area contributed by atoms with Crippen LogP contribution in [-0.2, 0) is 35.7 Å². The third-order valence-electron chi connectivity index (χ3n) is 7.84. The highest BCUT2D eigenvalue weighted by Crippen LogP contribution is 2.65. The van der Waals surface area contributed by atoms with Crippen molar-refractivity contribution in [3.05, 3.63) is 35.1 Å². The molecule has 2 aliphatic heterocycles. The molecule has 2 aliphatic carbocycles. The molecule has 0 saturated carbocycles. The molecule has 1 spiro atoms. The molecule has 4 N–H and O–H groups in total. The summed E-state index contributed by atoms with van der Waals surface area (Å²) in [5, 5.41) is 40.9. The Morgan fingerprint density at radius 3 is 2.69 bits per heavy atom. The molecule has 5 rings (SSSR count). The first-order chi connectivity index (χ1) is 16.5. The highest BCUT2D eigenvalue weighted by atomic mass is 16.6. The quantitative estimate of drug-likeness (QED) is 0.401. The summed E-state index contributed by atoms with van der Waals surface area (Å²) in [4.78, 5) is 37.5. The van der Waals surface area contributed by atoms with E-state index in [0.29, 0.717) is 19.4 Å². The van der Waals surface area contributed by atoms with Gasteiger partial charge >= 0.3 is 17.9 Å². The van der Waals surface area contributed by atoms with Crippen LogP contribution < -0.4 is 4.74 Å². The number of carbonyl (C=O) groups is 3. The lowest BCUT2D eigenvalue weighted by atomic mass is 9.50. The molecule has 0 unspecified atom stereocenters. The number of benzene rings is 1. The van der Waals surface area contributed by atoms with Gasteiger partial charge in [0.2, 0.25) is 0 Å². The molecular formula is C25H31NO10. The van der Waals surface area contributed by atoms with Gasteiger partial charge in [0.05, 0.1) is 17.4 Å². The van der Waals surface area contributed by atoms with E-state index in [9.17, 15) is 29.7 Å². The van der Waals surface area contributed by atoms with E-state index in [0.717, 1.165) is 11.1 Å². The summed E-state index contributed by atoms with van der Waals surface area (Å²) in [7, 11) is 1.96. The van der Waals surface area contributed by atoms with Crippen LogP contribution in [0.15, 0.2) is 24.0 Å². The van der Waals surface area contributed by atoms with E-state index in [-0.39, 0.29) is 37.1 Å². The molecule has 1 saturated heterocycles. The number of phenolic OH excluding ortho intramolecular Hbond substituents is 1. The number of hydrogen-bond donors (Lipinski definition) is 4. The zero-order chi connectivity index (χ0) is 25.3. The molecule has 4 aliphatic rings. The fourth-order valence-electron chi connectivity index (χ4n) is 6.19. The van der Waals surface area contributed by atoms with Gasteiger partial charge in [-0.1, -0.05) is 13.5 Å². The lowest BCUT2D eigenvalue weighted by molar-refractivity contribution is -0.178. The first kappa shape index (κ1) is 25.9. The van der Waals surface area contributed by atoms with Gasteiger partial charge in [-0.05, 0) is 51.1 Å². The van der Waals surface area contributed by atoms with E-state index in [1.165, 1.54) is 6.92 Å². The van der Waals surface area contributed by atoms with Gasteiger partial charge in [0.25, 0.3) is 0 Å². The van der Waals surface area contributed by atoms with Crippen molar-refractivity contribution in [1.29, 1.82) is 0 Å². The summed E-state index contributed by atoms with van der Waals surface area (Å²) in [6, 6.07) is 3.19. The number of phenols is 1. The largest absolute Gasteiger partial charge is 0.504 e. The molecule has 196 valence electrons. The number of aliphatic hydroxyl groups excluding tert-OH is 1. The second kappa shape index (κ2) is 8.75. The second-order valence-electron chi connectivity index (χ2n) is 9.72. The molecule has 6 atom stereocenters. The number of hydrogen-bond acceptors (Lipinski definition) is 10. The van der Waals surface area contributed by atoms with Crippen LogP contribution in [0.4, 0.5) is 0 Å². The number of carbonyl (C=O) groups excluding carboxylic acids is 2. The monoisotopic (exact) mass is 505 g/mol. The molecule has 36 heavy (non-hydrogen) atoms. The van der Waals surface area contributed by atoms with Crippen LogP contribution in [0.25, 0.3) is 0 Å². The number of aliphatic carboxylic acids is 1. The maximum atomic E-state index is 12.8. The van der Waals surface area contributed by atoms with E-state index < -0.39 is 53.7 Å². The molecule has 1 aromatic rings. The van der Waals surface area contributed by atoms with Crippen molar-refractivity contribution in [1.82, 2.24) is 4.90 Å². The van der Waals surface area contributed by atoms with Crippen LogP contribution in [0.2, 0.25) is 0 Å². The van der Waals surface area contributed by atoms with Crippen molar-refractivity contribution >= 4 is 17.9 Å². The number of likely N-dealkylation sites (tertiary alicyclic amines) is 1. The van der Waals surface area contributed by atoms with Crippen molar-refractivity contribution in [3.63, 3.8) is 0 Å². The number of likely N-dealkylation sites (N-methyl/N-ethyl adjacent to an activating group) is 1. The van der Waals surface area contributed by atoms with Crippen LogP contribution in [0.3, 0.4) is 0 Å². The first-order valence-corrected chi connectivity index (χ1v) is 11.5. The molecule has 0 radical (unpaired) electrons. The van der Waals surface area contributed by atoms with E-state index in [2.05, 4.69) is 4.90 Å². The maximum absolute atomic E-state index is 12.8. The number of ether oxygens (including phenoxy) is 3. The fraction of sp³-hybridized carbons (Fsp3) is 0.560. The van der Waals surface area contributed by atoms with Crippen molar-refractivity contribution < 1.29 is 49.0 Å². The minimum absolute atomic E-state index is 0. The average molecular weight is 506 g/mol. The molecule has 11 heteroatoms. The smallest absolute Gasteiger partial charge is 0.352 e. The van der Waals surface area contributed by atoms with Gasteiger partial charge in [-0.3, -0.25) is 4.79 Å². The number of carboxylic acid groups (broad SMARTS) is 1. The number of aromatic hydroxyl groups is 1. The number of rotatable bonds is 6. The Morgan fingerprint density at radius 2 is 2.00 bits per heavy atom. The summed E-state index contributed by atoms with van der Waals surface area (Å²) < 4.78 is 16.6. The molecule has 2 heterocycles. The lowest BCUT2D eigenvalue weighted by Crippen LogP contribution is -2.74. The number of carboxylic acids is 1. The molecule has 1 fully saturated rings. The zero-order valence-corrected chi connectivity index (χ0v) is 19.3. The molecular weight excluding hydrogens is 474 g/mol. The summed E-state index contributed by atoms with van der Waals surface area (Å²) in [6.07, 6.45) is -2.23. The third kappa shape index (κ3) is 3.48. The van der Waals surface area contributed by atoms with Crippen molar-refractivity contribution in [2.75, 3.05) is 13.6 Å². The van der Waals surface area contributed by atoms with Crippen LogP contribution in [0.1, 0.15) is 44.7 Å². The molecule has 2 bridgehead atoms. The van der Waals surface area contributed by atoms with Crippen molar-refractivity contribution in [2.45, 2.75) is 75.4 Å². The molecule has 11 nitrogen and oxygen atoms in total. The Balaban J connectivity index is 0.00000304. The highest BCUT2D eigenvalue weighted by molar-refractivity contribution is 5.84. The van der Waals surface area contributed by atoms with Gasteiger partial charge in [0.1, 0.15) is 5.76 Å². The van der Waals surface area contributed by atoms with Crippen molar-refractivity contribution in [2.24, 2.45) is 0 Å². The Kier molecular flexibility index (Phi) is 6.30. The lowest BCUT2D eigenvalue weighted by Gasteiger charge is -2.61. The Bertz CT molecular complexity index is 1150. The summed E-state index contributed by atoms with van der Waals surface area (Å²) >= 11 is 0. The van der Waals surface area contributed by atoms with Crippen molar-refractivity contribution in [3.8, 4) is 11.5 Å². The van der Waals surface area contributed by atoms with Crippen LogP contribution >= 0.6 is 0 Å². The normalized spacial score (nSPS) is 31.1. The van der Waals surface area contributed by atoms with Crippen LogP contribution in [-0.4, -0.2) is 86.8 Å². The fourth-order valence-corrected chi connectivity index (χ4v) is 6.19. The third-order valence-corrected chi connectivity index (χ3v) is 7.84. The Labute approximate surface area is 207 Å². The van der Waals surface area contributed by atoms with E-state index in [1.54, 1.807) is 12.1 Å². The average Bonchev–Trinajstić information content (AvgIpc) is 3.15. The maximum Gasteiger partial charge on any atom is 0.352 e. The predicted molar refractivity (Wildman–Crippen MR) is 123 cm³/mol. The number of aliphatic hydroxyl groups is 2. The van der Waals surface area contributed by atoms with Crippen LogP contribution in [0.5, 0.6) is 11.5 Å². The summed E-state index contributed by atoms with van der Waals surface area (Å²) in [5.74, 6) is -3.25. The van der Waals surface area contributed by atoms with Gasteiger partial charge in [-0.2, -0.15) is 0 Å². The standard InChI is InChI=1S/C24H27NO10.CH4/c1-11(33-22(31)14(27)10-17(28)29)21(30)34-15-5-6-24(32)16-9-12-3-4-13(26)19-18(12)23(24,20(15)35-19)7-8-25(16)2;/h3-5,11,14,16,20,26-27,32H,6-10H2,1-2H3,(H,28,29);1H4/t11-,14-,16+,20-,23-,24+;/m0./s1. The van der Waals surface area contributed by atoms with Gasteiger partial charge in [-0.15, -0.1) is 0 Å². The summed E-state index contributed by atoms with van der Waals surface area (Å²) in [6.45, 7) is 1.91. The minimum atomic E-state index is -1.92. The SMILES string of the molecule is C.C[C@H](OC(=O)[C@@H](O)CC(=O)O)C(=O)OC1=CC[C@@]2(O)[C@H]3Cc4ccc(O)c5c4[C@@]2(CCN3C)[C@H]1O5. The molecule has 0 aromatic heterocycles. The zero-order valence-electron chi connectivity index (χ0n) is 19.3. The number of nitrogens with zero attached hydrogens (tertiary/aromatic N) is 1. The summed E-state index contributed by atoms with van der Waals surface area (Å²) in [5.41, 5.74) is -0.449. The van der Waals surface area contributed by atoms with Gasteiger partial charge in [-0.25, -0.2) is 9.59 Å². The Hall–Kier alpha value is -3.15. The number of piperidine rings is 1. The van der Waals surface area contributed by atoms with Crippen LogP contribution in [0, 0.1) is 0 Å². The van der Waals surface area contributed by atoms with Gasteiger partial charge < -0.3 is 39.5 Å². The minimum Gasteiger partial charge on any atom is -0.504 e. The van der Waals surface area contributed by atoms with Gasteiger partial charge in [0.15, 0.2) is 29.8 Å². The van der Waals surface area contributed by atoms with E-state index >= 15 is 0 Å². The molecule has 0 amide bonds. The number of esters is 2. The first-order valence-electron chi connectivity index (χ1n) is 11.5. The van der Waals surface area contributed by atoms with E-state index in [1.807, 2.05) is 13.1 Å². The van der Waals surface area contributed by atoms with Gasteiger partial charge in [0, 0.05) is 18.0 Å². The predicted octanol–water partition coefficient (Wildman–Crippen LogP) is 0.616. The molecule has 1 aromatic carbocycles. The second-order valence-corrected chi connectivity index (χ2v) is 9.72. The highest BCUT2D eigenvalue weighted by Gasteiger charge is 2.72. The Morgan fingerprint density at radius 1 is 1.28 bits per heavy atom. The van der Waals surface area contributed by atoms with E-state index in [4.69, 9.17) is 19.3 Å².